The van der Waals surface area contributed by atoms with E-state index in [1.54, 1.807) is 6.07 Å². The van der Waals surface area contributed by atoms with Gasteiger partial charge in [-0.25, -0.2) is 0 Å². The maximum absolute atomic E-state index is 10.3. The molecule has 0 aliphatic heterocycles. The fourth-order valence-electron chi connectivity index (χ4n) is 0.922. The molecule has 0 aromatic carbocycles. The van der Waals surface area contributed by atoms with E-state index in [2.05, 4.69) is 4.98 Å². The summed E-state index contributed by atoms with van der Waals surface area (Å²) in [7, 11) is 0. The van der Waals surface area contributed by atoms with Gasteiger partial charge in [-0.15, -0.1) is 0 Å². The topological polar surface area (TPSA) is 59.4 Å². The predicted octanol–water partition coefficient (Wildman–Crippen LogP) is 0.713. The molecule has 1 aromatic rings. The van der Waals surface area contributed by atoms with Gasteiger partial charge in [0.1, 0.15) is 11.9 Å². The molecule has 1 rings (SSSR count). The molecule has 0 amide bonds. The summed E-state index contributed by atoms with van der Waals surface area (Å²) in [5, 5.41) is 9.16. The Labute approximate surface area is 76.2 Å². The molecule has 0 saturated carbocycles. The van der Waals surface area contributed by atoms with Crippen molar-refractivity contribution in [1.29, 1.82) is 0 Å². The van der Waals surface area contributed by atoms with E-state index in [4.69, 9.17) is 9.84 Å². The number of pyridine rings is 1. The molecule has 70 valence electrons. The van der Waals surface area contributed by atoms with Crippen LogP contribution in [0.2, 0.25) is 0 Å². The lowest BCUT2D eigenvalue weighted by Gasteiger charge is -2.05. The molecular weight excluding hydrogens is 170 g/mol. The van der Waals surface area contributed by atoms with Crippen molar-refractivity contribution < 1.29 is 14.6 Å². The van der Waals surface area contributed by atoms with Crippen molar-refractivity contribution in [3.63, 3.8) is 0 Å². The first-order chi connectivity index (χ1) is 6.27. The molecule has 0 saturated heterocycles. The molecule has 4 heteroatoms. The van der Waals surface area contributed by atoms with Gasteiger partial charge >= 0.3 is 0 Å². The number of aldehydes is 1. The van der Waals surface area contributed by atoms with Crippen LogP contribution in [-0.4, -0.2) is 23.0 Å². The molecule has 1 unspecified atom stereocenters. The highest BCUT2D eigenvalue weighted by molar-refractivity contribution is 5.59. The maximum Gasteiger partial charge on any atom is 0.153 e. The van der Waals surface area contributed by atoms with Crippen LogP contribution in [0.3, 0.4) is 0 Å². The minimum absolute atomic E-state index is 0.445. The summed E-state index contributed by atoms with van der Waals surface area (Å²) in [5.41, 5.74) is 0.445. The molecule has 0 fully saturated rings. The van der Waals surface area contributed by atoms with Gasteiger partial charge in [0.25, 0.3) is 0 Å². The lowest BCUT2D eigenvalue weighted by atomic mass is 10.2. The van der Waals surface area contributed by atoms with Crippen LogP contribution in [0.15, 0.2) is 18.5 Å². The molecule has 0 aliphatic carbocycles. The largest absolute Gasteiger partial charge is 0.492 e. The normalized spacial score (nSPS) is 12.2. The summed E-state index contributed by atoms with van der Waals surface area (Å²) in [6.45, 7) is 2.38. The van der Waals surface area contributed by atoms with Gasteiger partial charge in [0.2, 0.25) is 0 Å². The third-order valence-electron chi connectivity index (χ3n) is 1.52. The summed E-state index contributed by atoms with van der Waals surface area (Å²) < 4.78 is 5.15. The molecular formula is C9H11NO3. The van der Waals surface area contributed by atoms with Crippen molar-refractivity contribution in [2.24, 2.45) is 0 Å². The summed E-state index contributed by atoms with van der Waals surface area (Å²) in [6, 6.07) is 1.59. The first kappa shape index (κ1) is 9.67. The minimum atomic E-state index is -1.12. The zero-order valence-corrected chi connectivity index (χ0v) is 7.30. The van der Waals surface area contributed by atoms with Crippen molar-refractivity contribution in [3.8, 4) is 5.75 Å². The highest BCUT2D eigenvalue weighted by Crippen LogP contribution is 2.15. The first-order valence-corrected chi connectivity index (χ1v) is 3.99. The standard InChI is InChI=1S/C9H11NO3/c1-2-13-8-3-7(4-10-5-8)9(12)6-11/h3-6,9,12H,2H2,1H3. The van der Waals surface area contributed by atoms with Crippen LogP contribution in [0.1, 0.15) is 18.6 Å². The van der Waals surface area contributed by atoms with Crippen molar-refractivity contribution in [3.05, 3.63) is 24.0 Å². The number of rotatable bonds is 4. The number of ether oxygens (including phenoxy) is 1. The van der Waals surface area contributed by atoms with Gasteiger partial charge in [0.15, 0.2) is 6.29 Å². The monoisotopic (exact) mass is 181 g/mol. The van der Waals surface area contributed by atoms with Gasteiger partial charge in [-0.2, -0.15) is 0 Å². The zero-order valence-electron chi connectivity index (χ0n) is 7.30. The smallest absolute Gasteiger partial charge is 0.153 e. The van der Waals surface area contributed by atoms with Gasteiger partial charge in [0.05, 0.1) is 12.8 Å². The second-order valence-electron chi connectivity index (χ2n) is 2.47. The van der Waals surface area contributed by atoms with Crippen molar-refractivity contribution >= 4 is 6.29 Å². The Morgan fingerprint density at radius 1 is 1.69 bits per heavy atom. The number of carbonyl (C=O) groups is 1. The quantitative estimate of drug-likeness (QED) is 0.695. The molecule has 1 atom stereocenters. The molecule has 0 bridgehead atoms. The van der Waals surface area contributed by atoms with E-state index in [0.29, 0.717) is 24.2 Å². The minimum Gasteiger partial charge on any atom is -0.492 e. The van der Waals surface area contributed by atoms with Gasteiger partial charge in [-0.05, 0) is 13.0 Å². The average molecular weight is 181 g/mol. The van der Waals surface area contributed by atoms with Crippen LogP contribution in [0, 0.1) is 0 Å². The highest BCUT2D eigenvalue weighted by atomic mass is 16.5. The summed E-state index contributed by atoms with van der Waals surface area (Å²) in [5.74, 6) is 0.556. The Kier molecular flexibility index (Phi) is 3.40. The van der Waals surface area contributed by atoms with Crippen molar-refractivity contribution in [1.82, 2.24) is 4.98 Å². The van der Waals surface area contributed by atoms with Crippen LogP contribution in [-0.2, 0) is 4.79 Å². The summed E-state index contributed by atoms with van der Waals surface area (Å²) >= 11 is 0. The van der Waals surface area contributed by atoms with Crippen LogP contribution >= 0.6 is 0 Å². The third kappa shape index (κ3) is 2.52. The number of hydrogen-bond donors (Lipinski definition) is 1. The number of aromatic nitrogens is 1. The first-order valence-electron chi connectivity index (χ1n) is 3.99. The highest BCUT2D eigenvalue weighted by Gasteiger charge is 2.06. The number of aliphatic hydroxyl groups excluding tert-OH is 1. The fraction of sp³-hybridized carbons (Fsp3) is 0.333. The van der Waals surface area contributed by atoms with E-state index in [0.717, 1.165) is 0 Å². The Hall–Kier alpha value is -1.42. The second-order valence-corrected chi connectivity index (χ2v) is 2.47. The van der Waals surface area contributed by atoms with Gasteiger partial charge in [-0.1, -0.05) is 0 Å². The second kappa shape index (κ2) is 4.57. The molecule has 1 aromatic heterocycles. The Morgan fingerprint density at radius 2 is 2.46 bits per heavy atom. The van der Waals surface area contributed by atoms with E-state index in [1.807, 2.05) is 6.92 Å². The number of nitrogens with zero attached hydrogens (tertiary/aromatic N) is 1. The summed E-state index contributed by atoms with van der Waals surface area (Å²) in [6.07, 6.45) is 2.30. The Balaban J connectivity index is 2.84. The molecule has 13 heavy (non-hydrogen) atoms. The van der Waals surface area contributed by atoms with Gasteiger partial charge < -0.3 is 14.6 Å². The summed E-state index contributed by atoms with van der Waals surface area (Å²) in [4.78, 5) is 14.1. The molecule has 1 heterocycles. The van der Waals surface area contributed by atoms with Crippen LogP contribution in [0.25, 0.3) is 0 Å². The molecule has 4 nitrogen and oxygen atoms in total. The van der Waals surface area contributed by atoms with Crippen LogP contribution in [0.4, 0.5) is 0 Å². The zero-order chi connectivity index (χ0) is 9.68. The van der Waals surface area contributed by atoms with Gasteiger partial charge in [0, 0.05) is 11.8 Å². The molecule has 0 aliphatic rings. The Morgan fingerprint density at radius 3 is 3.08 bits per heavy atom. The predicted molar refractivity (Wildman–Crippen MR) is 46.4 cm³/mol. The number of aliphatic hydroxyl groups is 1. The van der Waals surface area contributed by atoms with Crippen molar-refractivity contribution in [2.45, 2.75) is 13.0 Å². The fourth-order valence-corrected chi connectivity index (χ4v) is 0.922. The lowest BCUT2D eigenvalue weighted by molar-refractivity contribution is -0.115. The average Bonchev–Trinajstić information content (AvgIpc) is 2.18. The van der Waals surface area contributed by atoms with E-state index in [-0.39, 0.29) is 0 Å². The van der Waals surface area contributed by atoms with E-state index in [1.165, 1.54) is 12.4 Å². The molecule has 1 N–H and O–H groups in total. The lowest BCUT2D eigenvalue weighted by Crippen LogP contribution is -2.00. The number of carbonyl (C=O) groups excluding carboxylic acids is 1. The Bertz CT molecular complexity index is 288. The molecule has 0 spiro atoms. The molecule has 0 radical (unpaired) electrons. The third-order valence-corrected chi connectivity index (χ3v) is 1.52. The van der Waals surface area contributed by atoms with Crippen molar-refractivity contribution in [2.75, 3.05) is 6.61 Å². The SMILES string of the molecule is CCOc1cncc(C(O)C=O)c1. The van der Waals surface area contributed by atoms with E-state index < -0.39 is 6.10 Å². The maximum atomic E-state index is 10.3. The van der Waals surface area contributed by atoms with Gasteiger partial charge in [-0.3, -0.25) is 4.98 Å². The van der Waals surface area contributed by atoms with E-state index in [9.17, 15) is 4.79 Å². The van der Waals surface area contributed by atoms with Crippen LogP contribution in [0.5, 0.6) is 5.75 Å². The number of hydrogen-bond acceptors (Lipinski definition) is 4. The van der Waals surface area contributed by atoms with E-state index >= 15 is 0 Å². The van der Waals surface area contributed by atoms with Crippen LogP contribution < -0.4 is 4.74 Å².